The number of hydrogen-bond donors (Lipinski definition) is 1. The van der Waals surface area contributed by atoms with Crippen molar-refractivity contribution in [2.75, 3.05) is 25.2 Å². The van der Waals surface area contributed by atoms with Gasteiger partial charge in [0.05, 0.1) is 23.4 Å². The Morgan fingerprint density at radius 2 is 2.05 bits per heavy atom. The van der Waals surface area contributed by atoms with Crippen LogP contribution >= 0.6 is 11.6 Å². The summed E-state index contributed by atoms with van der Waals surface area (Å²) in [5.41, 5.74) is 1.84. The molecular formula is C15H24ClNO2. The fourth-order valence-corrected chi connectivity index (χ4v) is 2.30. The summed E-state index contributed by atoms with van der Waals surface area (Å²) in [4.78, 5) is 2.25. The topological polar surface area (TPSA) is 32.7 Å². The van der Waals surface area contributed by atoms with E-state index < -0.39 is 6.10 Å². The lowest BCUT2D eigenvalue weighted by Gasteiger charge is -2.31. The molecule has 0 aliphatic rings. The second-order valence-electron chi connectivity index (χ2n) is 4.83. The molecule has 0 radical (unpaired) electrons. The minimum atomic E-state index is -0.498. The van der Waals surface area contributed by atoms with Gasteiger partial charge in [0.1, 0.15) is 0 Å². The Hall–Kier alpha value is -0.770. The highest BCUT2D eigenvalue weighted by Gasteiger charge is 2.16. The third-order valence-corrected chi connectivity index (χ3v) is 3.73. The summed E-state index contributed by atoms with van der Waals surface area (Å²) in [6.07, 6.45) is 0.542. The van der Waals surface area contributed by atoms with Gasteiger partial charge in [-0.05, 0) is 38.0 Å². The summed E-state index contributed by atoms with van der Waals surface area (Å²) in [5.74, 6) is 0. The molecular weight excluding hydrogens is 262 g/mol. The third kappa shape index (κ3) is 4.37. The Morgan fingerprint density at radius 3 is 2.53 bits per heavy atom. The normalized spacial score (nSPS) is 14.2. The van der Waals surface area contributed by atoms with Crippen LogP contribution in [-0.2, 0) is 4.74 Å². The van der Waals surface area contributed by atoms with Crippen molar-refractivity contribution < 1.29 is 9.84 Å². The van der Waals surface area contributed by atoms with E-state index in [1.807, 2.05) is 18.2 Å². The fourth-order valence-electron chi connectivity index (χ4n) is 2.00. The van der Waals surface area contributed by atoms with E-state index in [9.17, 15) is 5.11 Å². The van der Waals surface area contributed by atoms with E-state index in [-0.39, 0.29) is 0 Å². The predicted molar refractivity (Wildman–Crippen MR) is 81.1 cm³/mol. The van der Waals surface area contributed by atoms with Crippen LogP contribution in [0.1, 0.15) is 38.9 Å². The number of ether oxygens (including phenoxy) is 1. The first kappa shape index (κ1) is 16.3. The van der Waals surface area contributed by atoms with E-state index in [1.54, 1.807) is 14.0 Å². The molecule has 0 fully saturated rings. The van der Waals surface area contributed by atoms with Crippen LogP contribution in [0.15, 0.2) is 18.2 Å². The maximum Gasteiger partial charge on any atom is 0.0762 e. The number of benzene rings is 1. The highest BCUT2D eigenvalue weighted by Crippen LogP contribution is 2.30. The van der Waals surface area contributed by atoms with E-state index in [0.717, 1.165) is 24.2 Å². The van der Waals surface area contributed by atoms with Crippen molar-refractivity contribution in [3.8, 4) is 0 Å². The molecule has 0 heterocycles. The maximum absolute atomic E-state index is 9.58. The number of aliphatic hydroxyl groups excluding tert-OH is 1. The lowest BCUT2D eigenvalue weighted by Crippen LogP contribution is -2.35. The number of halogens is 1. The molecule has 0 amide bonds. The molecule has 0 spiro atoms. The molecule has 0 saturated heterocycles. The summed E-state index contributed by atoms with van der Waals surface area (Å²) < 4.78 is 5.17. The van der Waals surface area contributed by atoms with Gasteiger partial charge in [0.15, 0.2) is 0 Å². The lowest BCUT2D eigenvalue weighted by atomic mass is 10.1. The molecule has 1 rings (SSSR count). The molecule has 1 aromatic carbocycles. The van der Waals surface area contributed by atoms with Gasteiger partial charge in [0, 0.05) is 19.7 Å². The highest BCUT2D eigenvalue weighted by molar-refractivity contribution is 6.33. The molecule has 2 atom stereocenters. The van der Waals surface area contributed by atoms with E-state index >= 15 is 0 Å². The van der Waals surface area contributed by atoms with Gasteiger partial charge >= 0.3 is 0 Å². The van der Waals surface area contributed by atoms with Crippen molar-refractivity contribution in [3.05, 3.63) is 28.8 Å². The van der Waals surface area contributed by atoms with Gasteiger partial charge in [0.25, 0.3) is 0 Å². The predicted octanol–water partition coefficient (Wildman–Crippen LogP) is 3.64. The number of rotatable bonds is 7. The Morgan fingerprint density at radius 1 is 1.37 bits per heavy atom. The minimum Gasteiger partial charge on any atom is -0.389 e. The van der Waals surface area contributed by atoms with Gasteiger partial charge in [-0.3, -0.25) is 0 Å². The molecule has 1 N–H and O–H groups in total. The zero-order valence-corrected chi connectivity index (χ0v) is 12.9. The second-order valence-corrected chi connectivity index (χ2v) is 5.24. The Balaban J connectivity index is 3.01. The molecule has 0 saturated carbocycles. The van der Waals surface area contributed by atoms with Crippen LogP contribution in [0.25, 0.3) is 0 Å². The Labute approximate surface area is 121 Å². The van der Waals surface area contributed by atoms with E-state index in [1.165, 1.54) is 0 Å². The average Bonchev–Trinajstić information content (AvgIpc) is 2.39. The minimum absolute atomic E-state index is 0.394. The van der Waals surface area contributed by atoms with Crippen LogP contribution in [0.2, 0.25) is 5.02 Å². The Kier molecular flexibility index (Phi) is 6.63. The number of anilines is 1. The summed E-state index contributed by atoms with van der Waals surface area (Å²) in [5, 5.41) is 10.3. The van der Waals surface area contributed by atoms with Crippen LogP contribution in [0, 0.1) is 0 Å². The summed E-state index contributed by atoms with van der Waals surface area (Å²) in [7, 11) is 1.70. The SMILES string of the molecule is CCC(C)N(CCOC)c1ccc([C@@H](C)O)cc1Cl. The average molecular weight is 286 g/mol. The van der Waals surface area contributed by atoms with Crippen LogP contribution < -0.4 is 4.90 Å². The van der Waals surface area contributed by atoms with E-state index in [2.05, 4.69) is 18.7 Å². The van der Waals surface area contributed by atoms with Crippen molar-refractivity contribution in [3.63, 3.8) is 0 Å². The lowest BCUT2D eigenvalue weighted by molar-refractivity contribution is 0.199. The standard InChI is InChI=1S/C15H24ClNO2/c1-5-11(2)17(8-9-19-4)15-7-6-13(12(3)18)10-14(15)16/h6-7,10-12,18H,5,8-9H2,1-4H3/t11?,12-/m1/s1. The summed E-state index contributed by atoms with van der Waals surface area (Å²) in [6, 6.07) is 6.13. The molecule has 0 aromatic heterocycles. The van der Waals surface area contributed by atoms with Crippen molar-refractivity contribution in [2.24, 2.45) is 0 Å². The van der Waals surface area contributed by atoms with Crippen LogP contribution in [0.3, 0.4) is 0 Å². The van der Waals surface area contributed by atoms with Gasteiger partial charge in [0.2, 0.25) is 0 Å². The smallest absolute Gasteiger partial charge is 0.0762 e. The van der Waals surface area contributed by atoms with Crippen LogP contribution in [-0.4, -0.2) is 31.4 Å². The van der Waals surface area contributed by atoms with E-state index in [4.69, 9.17) is 16.3 Å². The third-order valence-electron chi connectivity index (χ3n) is 3.42. The van der Waals surface area contributed by atoms with Gasteiger partial charge in [-0.2, -0.15) is 0 Å². The monoisotopic (exact) mass is 285 g/mol. The summed E-state index contributed by atoms with van der Waals surface area (Å²) >= 11 is 6.35. The number of hydrogen-bond acceptors (Lipinski definition) is 3. The molecule has 4 heteroatoms. The zero-order valence-electron chi connectivity index (χ0n) is 12.2. The van der Waals surface area contributed by atoms with Gasteiger partial charge in [-0.25, -0.2) is 0 Å². The van der Waals surface area contributed by atoms with Crippen LogP contribution in [0.5, 0.6) is 0 Å². The fraction of sp³-hybridized carbons (Fsp3) is 0.600. The van der Waals surface area contributed by atoms with Crippen molar-refractivity contribution >= 4 is 17.3 Å². The largest absolute Gasteiger partial charge is 0.389 e. The number of aliphatic hydroxyl groups is 1. The first-order chi connectivity index (χ1) is 9.01. The van der Waals surface area contributed by atoms with Gasteiger partial charge in [-0.15, -0.1) is 0 Å². The summed E-state index contributed by atoms with van der Waals surface area (Å²) in [6.45, 7) is 7.54. The first-order valence-electron chi connectivity index (χ1n) is 6.74. The van der Waals surface area contributed by atoms with Gasteiger partial charge < -0.3 is 14.7 Å². The molecule has 0 aliphatic heterocycles. The van der Waals surface area contributed by atoms with Crippen molar-refractivity contribution in [2.45, 2.75) is 39.3 Å². The Bertz CT molecular complexity index is 396. The first-order valence-corrected chi connectivity index (χ1v) is 7.12. The number of nitrogens with zero attached hydrogens (tertiary/aromatic N) is 1. The number of methoxy groups -OCH3 is 1. The molecule has 108 valence electrons. The second kappa shape index (κ2) is 7.73. The molecule has 1 unspecified atom stereocenters. The quantitative estimate of drug-likeness (QED) is 0.830. The molecule has 0 aliphatic carbocycles. The van der Waals surface area contributed by atoms with Crippen molar-refractivity contribution in [1.82, 2.24) is 0 Å². The maximum atomic E-state index is 9.58. The highest BCUT2D eigenvalue weighted by atomic mass is 35.5. The van der Waals surface area contributed by atoms with E-state index in [0.29, 0.717) is 17.7 Å². The van der Waals surface area contributed by atoms with Crippen LogP contribution in [0.4, 0.5) is 5.69 Å². The molecule has 19 heavy (non-hydrogen) atoms. The molecule has 0 bridgehead atoms. The molecule has 1 aromatic rings. The van der Waals surface area contributed by atoms with Gasteiger partial charge in [-0.1, -0.05) is 24.6 Å². The van der Waals surface area contributed by atoms with Crippen molar-refractivity contribution in [1.29, 1.82) is 0 Å². The zero-order chi connectivity index (χ0) is 14.4. The molecule has 3 nitrogen and oxygen atoms in total.